The van der Waals surface area contributed by atoms with Crippen LogP contribution >= 0.6 is 0 Å². The van der Waals surface area contributed by atoms with Gasteiger partial charge in [0, 0.05) is 12.1 Å². The summed E-state index contributed by atoms with van der Waals surface area (Å²) < 4.78 is 0. The van der Waals surface area contributed by atoms with Gasteiger partial charge in [-0.2, -0.15) is 0 Å². The first kappa shape index (κ1) is 12.2. The molecular weight excluding hydrogens is 258 g/mol. The van der Waals surface area contributed by atoms with Gasteiger partial charge in [0.25, 0.3) is 0 Å². The SMILES string of the molecule is c1nc2ccc(CNC34CC5CC(CC(C5)C3)C4)cc2[nH]1. The molecule has 0 unspecified atom stereocenters. The minimum atomic E-state index is 0.456. The number of nitrogens with zero attached hydrogens (tertiary/aromatic N) is 1. The molecule has 2 N–H and O–H groups in total. The van der Waals surface area contributed by atoms with E-state index in [-0.39, 0.29) is 0 Å². The zero-order valence-electron chi connectivity index (χ0n) is 12.4. The number of rotatable bonds is 3. The summed E-state index contributed by atoms with van der Waals surface area (Å²) >= 11 is 0. The molecule has 4 aliphatic rings. The Morgan fingerprint density at radius 1 is 1.10 bits per heavy atom. The largest absolute Gasteiger partial charge is 0.345 e. The van der Waals surface area contributed by atoms with Gasteiger partial charge < -0.3 is 10.3 Å². The Hall–Kier alpha value is -1.35. The molecule has 4 aliphatic carbocycles. The van der Waals surface area contributed by atoms with Crippen LogP contribution in [0.5, 0.6) is 0 Å². The zero-order valence-corrected chi connectivity index (χ0v) is 12.4. The van der Waals surface area contributed by atoms with E-state index < -0.39 is 0 Å². The molecule has 6 rings (SSSR count). The molecule has 0 atom stereocenters. The monoisotopic (exact) mass is 281 g/mol. The minimum Gasteiger partial charge on any atom is -0.345 e. The van der Waals surface area contributed by atoms with E-state index in [1.165, 1.54) is 44.1 Å². The van der Waals surface area contributed by atoms with Crippen LogP contribution in [0.4, 0.5) is 0 Å². The predicted molar refractivity (Wildman–Crippen MR) is 83.8 cm³/mol. The van der Waals surface area contributed by atoms with Crippen LogP contribution in [0.15, 0.2) is 24.5 Å². The number of fused-ring (bicyclic) bond motifs is 1. The highest BCUT2D eigenvalue weighted by atomic mass is 15.0. The first-order valence-corrected chi connectivity index (χ1v) is 8.45. The molecule has 2 aromatic rings. The van der Waals surface area contributed by atoms with Crippen LogP contribution in [-0.2, 0) is 6.54 Å². The fourth-order valence-electron chi connectivity index (χ4n) is 5.71. The summed E-state index contributed by atoms with van der Waals surface area (Å²) in [6.45, 7) is 1.00. The number of imidazole rings is 1. The van der Waals surface area contributed by atoms with Crippen molar-refractivity contribution in [1.29, 1.82) is 0 Å². The van der Waals surface area contributed by atoms with Crippen molar-refractivity contribution in [3.8, 4) is 0 Å². The highest BCUT2D eigenvalue weighted by molar-refractivity contribution is 5.74. The maximum Gasteiger partial charge on any atom is 0.0931 e. The second-order valence-corrected chi connectivity index (χ2v) is 7.81. The molecule has 4 saturated carbocycles. The number of H-pyrrole nitrogens is 1. The Morgan fingerprint density at radius 3 is 2.52 bits per heavy atom. The fraction of sp³-hybridized carbons (Fsp3) is 0.611. The van der Waals surface area contributed by atoms with Gasteiger partial charge in [0.05, 0.1) is 17.4 Å². The van der Waals surface area contributed by atoms with Crippen LogP contribution in [0.1, 0.15) is 44.1 Å². The van der Waals surface area contributed by atoms with Crippen LogP contribution in [-0.4, -0.2) is 15.5 Å². The lowest BCUT2D eigenvalue weighted by molar-refractivity contribution is -0.0205. The van der Waals surface area contributed by atoms with Gasteiger partial charge in [0.2, 0.25) is 0 Å². The molecule has 0 spiro atoms. The van der Waals surface area contributed by atoms with E-state index in [4.69, 9.17) is 0 Å². The summed E-state index contributed by atoms with van der Waals surface area (Å²) in [5.41, 5.74) is 4.05. The summed E-state index contributed by atoms with van der Waals surface area (Å²) in [5, 5.41) is 3.97. The topological polar surface area (TPSA) is 40.7 Å². The van der Waals surface area contributed by atoms with Crippen molar-refractivity contribution in [2.45, 2.75) is 50.6 Å². The molecule has 0 aliphatic heterocycles. The van der Waals surface area contributed by atoms with E-state index in [0.717, 1.165) is 35.3 Å². The maximum absolute atomic E-state index is 4.30. The third-order valence-corrected chi connectivity index (χ3v) is 6.19. The van der Waals surface area contributed by atoms with Gasteiger partial charge in [-0.3, -0.25) is 0 Å². The second kappa shape index (κ2) is 4.33. The average molecular weight is 281 g/mol. The molecule has 3 nitrogen and oxygen atoms in total. The van der Waals surface area contributed by atoms with Crippen LogP contribution in [0, 0.1) is 17.8 Å². The second-order valence-electron chi connectivity index (χ2n) is 7.81. The number of aromatic nitrogens is 2. The van der Waals surface area contributed by atoms with Gasteiger partial charge in [-0.05, 0) is 74.0 Å². The quantitative estimate of drug-likeness (QED) is 0.902. The van der Waals surface area contributed by atoms with Crippen molar-refractivity contribution < 1.29 is 0 Å². The van der Waals surface area contributed by atoms with Gasteiger partial charge >= 0.3 is 0 Å². The average Bonchev–Trinajstić information content (AvgIpc) is 2.91. The molecule has 0 radical (unpaired) electrons. The Labute approximate surface area is 125 Å². The number of hydrogen-bond acceptors (Lipinski definition) is 2. The first-order valence-electron chi connectivity index (χ1n) is 8.45. The van der Waals surface area contributed by atoms with Gasteiger partial charge in [-0.15, -0.1) is 0 Å². The molecule has 0 saturated heterocycles. The first-order chi connectivity index (χ1) is 10.3. The van der Waals surface area contributed by atoms with E-state index in [9.17, 15) is 0 Å². The molecule has 21 heavy (non-hydrogen) atoms. The highest BCUT2D eigenvalue weighted by Crippen LogP contribution is 2.55. The van der Waals surface area contributed by atoms with E-state index in [1.54, 1.807) is 6.33 Å². The summed E-state index contributed by atoms with van der Waals surface area (Å²) in [4.78, 5) is 7.51. The lowest BCUT2D eigenvalue weighted by atomic mass is 9.53. The molecule has 1 aromatic heterocycles. The summed E-state index contributed by atoms with van der Waals surface area (Å²) in [7, 11) is 0. The Kier molecular flexibility index (Phi) is 2.52. The van der Waals surface area contributed by atoms with Crippen LogP contribution in [0.2, 0.25) is 0 Å². The molecule has 1 aromatic carbocycles. The summed E-state index contributed by atoms with van der Waals surface area (Å²) in [6, 6.07) is 6.59. The van der Waals surface area contributed by atoms with Crippen molar-refractivity contribution in [3.05, 3.63) is 30.1 Å². The van der Waals surface area contributed by atoms with E-state index in [2.05, 4.69) is 33.5 Å². The van der Waals surface area contributed by atoms with Crippen molar-refractivity contribution in [1.82, 2.24) is 15.3 Å². The Morgan fingerprint density at radius 2 is 1.81 bits per heavy atom. The maximum atomic E-state index is 4.30. The van der Waals surface area contributed by atoms with Crippen molar-refractivity contribution in [2.24, 2.45) is 17.8 Å². The van der Waals surface area contributed by atoms with Crippen LogP contribution in [0.25, 0.3) is 11.0 Å². The Balaban J connectivity index is 1.35. The number of benzene rings is 1. The van der Waals surface area contributed by atoms with Crippen molar-refractivity contribution in [3.63, 3.8) is 0 Å². The minimum absolute atomic E-state index is 0.456. The molecule has 4 fully saturated rings. The van der Waals surface area contributed by atoms with E-state index in [0.29, 0.717) is 5.54 Å². The lowest BCUT2D eigenvalue weighted by Crippen LogP contribution is -2.58. The number of aromatic amines is 1. The number of hydrogen-bond donors (Lipinski definition) is 2. The molecule has 0 amide bonds. The third kappa shape index (κ3) is 2.02. The van der Waals surface area contributed by atoms with Crippen molar-refractivity contribution in [2.75, 3.05) is 0 Å². The standard InChI is InChI=1S/C18H23N3/c1-2-16-17(20-11-19-16)6-12(1)10-21-18-7-13-3-14(8-18)5-15(4-13)9-18/h1-2,6,11,13-15,21H,3-5,7-10H2,(H,19,20). The lowest BCUT2D eigenvalue weighted by Gasteiger charge is -2.57. The van der Waals surface area contributed by atoms with Gasteiger partial charge in [-0.1, -0.05) is 6.07 Å². The number of nitrogens with one attached hydrogen (secondary N) is 2. The predicted octanol–water partition coefficient (Wildman–Crippen LogP) is 3.62. The van der Waals surface area contributed by atoms with Gasteiger partial charge in [0.1, 0.15) is 0 Å². The van der Waals surface area contributed by atoms with Gasteiger partial charge in [0.15, 0.2) is 0 Å². The smallest absolute Gasteiger partial charge is 0.0931 e. The summed E-state index contributed by atoms with van der Waals surface area (Å²) in [5.74, 6) is 3.04. The van der Waals surface area contributed by atoms with E-state index in [1.807, 2.05) is 0 Å². The fourth-order valence-corrected chi connectivity index (χ4v) is 5.71. The van der Waals surface area contributed by atoms with Crippen LogP contribution < -0.4 is 5.32 Å². The molecular formula is C18H23N3. The molecule has 3 heteroatoms. The zero-order chi connectivity index (χ0) is 13.9. The molecule has 4 bridgehead atoms. The summed E-state index contributed by atoms with van der Waals surface area (Å²) in [6.07, 6.45) is 10.6. The molecule has 110 valence electrons. The van der Waals surface area contributed by atoms with Crippen LogP contribution in [0.3, 0.4) is 0 Å². The normalized spacial score (nSPS) is 37.4. The van der Waals surface area contributed by atoms with Gasteiger partial charge in [-0.25, -0.2) is 4.98 Å². The van der Waals surface area contributed by atoms with E-state index >= 15 is 0 Å². The van der Waals surface area contributed by atoms with Crippen molar-refractivity contribution >= 4 is 11.0 Å². The third-order valence-electron chi connectivity index (χ3n) is 6.19. The highest BCUT2D eigenvalue weighted by Gasteiger charge is 2.50. The molecule has 1 heterocycles. The Bertz CT molecular complexity index is 637.